The average Bonchev–Trinajstić information content (AvgIpc) is 3.09. The first-order valence-corrected chi connectivity index (χ1v) is 15.6. The predicted octanol–water partition coefficient (Wildman–Crippen LogP) is 3.73. The monoisotopic (exact) mass is 618 g/mol. The topological polar surface area (TPSA) is 149 Å². The highest BCUT2D eigenvalue weighted by Crippen LogP contribution is 2.38. The van der Waals surface area contributed by atoms with Crippen LogP contribution >= 0.6 is 0 Å². The maximum atomic E-state index is 12.4. The molecule has 5 rings (SSSR count). The lowest BCUT2D eigenvalue weighted by atomic mass is 9.99. The molecule has 45 heavy (non-hydrogen) atoms. The summed E-state index contributed by atoms with van der Waals surface area (Å²) in [5.41, 5.74) is 5.06. The van der Waals surface area contributed by atoms with Crippen LogP contribution in [0.1, 0.15) is 67.6 Å². The molecule has 3 aromatic rings. The van der Waals surface area contributed by atoms with Crippen LogP contribution in [0.15, 0.2) is 67.0 Å². The standard InChI is InChI=1S/C33H42N6O6/c40-23-24-7-9-25(10-8-24)29-21-28(22-38-17-19-39(20-18-38)33-34-15-4-16-35-33)44-32(45-29)26-11-13-27(14-12-26)36-30(41)5-2-1-3-6-31(42)37-43/h4,7-16,28-29,32,40,43H,1-3,5-6,17-23H2,(H,36,41)(H,37,42)/t28-,29+,32+/m0/s1. The number of nitrogens with one attached hydrogen (secondary N) is 2. The molecule has 0 radical (unpaired) electrons. The Morgan fingerprint density at radius 3 is 2.18 bits per heavy atom. The number of nitrogens with zero attached hydrogens (tertiary/aromatic N) is 4. The number of benzene rings is 2. The Bertz CT molecular complexity index is 1350. The molecule has 240 valence electrons. The first-order valence-electron chi connectivity index (χ1n) is 15.6. The van der Waals surface area contributed by atoms with Gasteiger partial charge >= 0.3 is 0 Å². The molecule has 0 aliphatic carbocycles. The fraction of sp³-hybridized carbons (Fsp3) is 0.455. The molecule has 0 unspecified atom stereocenters. The average molecular weight is 619 g/mol. The van der Waals surface area contributed by atoms with Gasteiger partial charge in [0, 0.05) is 75.6 Å². The van der Waals surface area contributed by atoms with Gasteiger partial charge in [0.25, 0.3) is 0 Å². The molecule has 12 nitrogen and oxygen atoms in total. The number of hydrogen-bond donors (Lipinski definition) is 4. The third kappa shape index (κ3) is 9.52. The zero-order chi connectivity index (χ0) is 31.4. The highest BCUT2D eigenvalue weighted by molar-refractivity contribution is 5.90. The van der Waals surface area contributed by atoms with Crippen molar-refractivity contribution in [3.8, 4) is 0 Å². The number of carbonyl (C=O) groups is 2. The lowest BCUT2D eigenvalue weighted by Gasteiger charge is -2.40. The number of aromatic nitrogens is 2. The van der Waals surface area contributed by atoms with Gasteiger partial charge in [-0.15, -0.1) is 0 Å². The summed E-state index contributed by atoms with van der Waals surface area (Å²) in [6.45, 7) is 4.21. The molecule has 0 bridgehead atoms. The Hall–Kier alpha value is -3.94. The van der Waals surface area contributed by atoms with E-state index in [2.05, 4.69) is 25.1 Å². The van der Waals surface area contributed by atoms with Gasteiger partial charge in [0.05, 0.1) is 18.8 Å². The van der Waals surface area contributed by atoms with Gasteiger partial charge in [-0.1, -0.05) is 42.8 Å². The van der Waals surface area contributed by atoms with Gasteiger partial charge in [-0.2, -0.15) is 0 Å². The van der Waals surface area contributed by atoms with E-state index < -0.39 is 12.2 Å². The zero-order valence-electron chi connectivity index (χ0n) is 25.4. The van der Waals surface area contributed by atoms with E-state index in [1.165, 1.54) is 0 Å². The summed E-state index contributed by atoms with van der Waals surface area (Å²) in [6, 6.07) is 17.2. The first kappa shape index (κ1) is 32.5. The smallest absolute Gasteiger partial charge is 0.243 e. The number of rotatable bonds is 13. The summed E-state index contributed by atoms with van der Waals surface area (Å²) < 4.78 is 13.0. The summed E-state index contributed by atoms with van der Waals surface area (Å²) in [6.07, 6.45) is 6.00. The van der Waals surface area contributed by atoms with Crippen molar-refractivity contribution in [3.05, 3.63) is 83.7 Å². The second-order valence-electron chi connectivity index (χ2n) is 11.5. The molecule has 2 fully saturated rings. The minimum Gasteiger partial charge on any atom is -0.392 e. The minimum atomic E-state index is -0.578. The molecule has 0 saturated carbocycles. The Morgan fingerprint density at radius 1 is 0.844 bits per heavy atom. The molecule has 2 aliphatic rings. The highest BCUT2D eigenvalue weighted by atomic mass is 16.7. The molecule has 4 N–H and O–H groups in total. The number of amides is 2. The van der Waals surface area contributed by atoms with Crippen LogP contribution in [0.3, 0.4) is 0 Å². The largest absolute Gasteiger partial charge is 0.392 e. The van der Waals surface area contributed by atoms with E-state index in [0.717, 1.165) is 61.8 Å². The molecule has 2 saturated heterocycles. The zero-order valence-corrected chi connectivity index (χ0v) is 25.4. The molecule has 0 spiro atoms. The second kappa shape index (κ2) is 16.4. The number of aliphatic hydroxyl groups excluding tert-OH is 1. The third-order valence-electron chi connectivity index (χ3n) is 8.18. The molecule has 2 aromatic carbocycles. The number of hydrogen-bond acceptors (Lipinski definition) is 10. The van der Waals surface area contributed by atoms with Gasteiger partial charge < -0.3 is 24.8 Å². The van der Waals surface area contributed by atoms with Crippen LogP contribution in [0.5, 0.6) is 0 Å². The van der Waals surface area contributed by atoms with Crippen LogP contribution in [0.4, 0.5) is 11.6 Å². The van der Waals surface area contributed by atoms with E-state index in [1.54, 1.807) is 17.9 Å². The highest BCUT2D eigenvalue weighted by Gasteiger charge is 2.34. The second-order valence-corrected chi connectivity index (χ2v) is 11.5. The van der Waals surface area contributed by atoms with E-state index in [0.29, 0.717) is 31.4 Å². The lowest BCUT2D eigenvalue weighted by molar-refractivity contribution is -0.253. The van der Waals surface area contributed by atoms with Crippen LogP contribution in [0.25, 0.3) is 0 Å². The lowest BCUT2D eigenvalue weighted by Crippen LogP contribution is -2.50. The van der Waals surface area contributed by atoms with Crippen LogP contribution in [0.2, 0.25) is 0 Å². The summed E-state index contributed by atoms with van der Waals surface area (Å²) >= 11 is 0. The molecule has 2 amide bonds. The van der Waals surface area contributed by atoms with E-state index in [4.69, 9.17) is 14.7 Å². The quantitative estimate of drug-likeness (QED) is 0.127. The summed E-state index contributed by atoms with van der Waals surface area (Å²) in [4.78, 5) is 36.9. The molecular formula is C33H42N6O6. The Morgan fingerprint density at radius 2 is 1.51 bits per heavy atom. The number of carbonyl (C=O) groups excluding carboxylic acids is 2. The van der Waals surface area contributed by atoms with Crippen LogP contribution in [0, 0.1) is 0 Å². The number of hydroxylamine groups is 1. The van der Waals surface area contributed by atoms with Crippen molar-refractivity contribution in [2.24, 2.45) is 0 Å². The number of piperazine rings is 1. The van der Waals surface area contributed by atoms with Gasteiger partial charge in [0.2, 0.25) is 17.8 Å². The van der Waals surface area contributed by atoms with Gasteiger partial charge in [0.1, 0.15) is 0 Å². The van der Waals surface area contributed by atoms with Crippen molar-refractivity contribution in [2.45, 2.75) is 63.6 Å². The molecule has 1 aromatic heterocycles. The van der Waals surface area contributed by atoms with Crippen molar-refractivity contribution in [3.63, 3.8) is 0 Å². The SMILES string of the molecule is O=C(CCCCCC(=O)Nc1ccc([C@@H]2O[C@H](CN3CCN(c4ncccn4)CC3)C[C@H](c3ccc(CO)cc3)O2)cc1)NO. The van der Waals surface area contributed by atoms with Crippen LogP contribution in [-0.2, 0) is 25.7 Å². The van der Waals surface area contributed by atoms with Crippen LogP contribution in [-0.4, -0.2) is 75.8 Å². The summed E-state index contributed by atoms with van der Waals surface area (Å²) in [5, 5.41) is 21.0. The van der Waals surface area contributed by atoms with Gasteiger partial charge in [-0.25, -0.2) is 15.4 Å². The maximum Gasteiger partial charge on any atom is 0.243 e. The summed E-state index contributed by atoms with van der Waals surface area (Å²) in [7, 11) is 0. The number of unbranched alkanes of at least 4 members (excludes halogenated alkanes) is 2. The van der Waals surface area contributed by atoms with E-state index >= 15 is 0 Å². The molecule has 3 heterocycles. The number of aliphatic hydroxyl groups is 1. The molecule has 2 aliphatic heterocycles. The van der Waals surface area contributed by atoms with Gasteiger partial charge in [-0.05, 0) is 42.2 Å². The van der Waals surface area contributed by atoms with Gasteiger partial charge in [-0.3, -0.25) is 19.7 Å². The van der Waals surface area contributed by atoms with Crippen molar-refractivity contribution in [1.82, 2.24) is 20.3 Å². The fourth-order valence-corrected chi connectivity index (χ4v) is 5.66. The van der Waals surface area contributed by atoms with Crippen LogP contribution < -0.4 is 15.7 Å². The molecule has 12 heteroatoms. The number of anilines is 2. The van der Waals surface area contributed by atoms with E-state index in [-0.39, 0.29) is 31.1 Å². The van der Waals surface area contributed by atoms with E-state index in [9.17, 15) is 14.7 Å². The molecule has 3 atom stereocenters. The minimum absolute atomic E-state index is 0.00754. The molecular weight excluding hydrogens is 576 g/mol. The Labute approximate surface area is 263 Å². The van der Waals surface area contributed by atoms with Crippen molar-refractivity contribution in [2.75, 3.05) is 42.9 Å². The van der Waals surface area contributed by atoms with Gasteiger partial charge in [0.15, 0.2) is 6.29 Å². The Kier molecular flexibility index (Phi) is 11.8. The predicted molar refractivity (Wildman–Crippen MR) is 167 cm³/mol. The first-order chi connectivity index (χ1) is 22.0. The third-order valence-corrected chi connectivity index (χ3v) is 8.18. The number of ether oxygens (including phenoxy) is 2. The van der Waals surface area contributed by atoms with E-state index in [1.807, 2.05) is 54.6 Å². The fourth-order valence-electron chi connectivity index (χ4n) is 5.66. The Balaban J connectivity index is 1.18. The maximum absolute atomic E-state index is 12.4. The summed E-state index contributed by atoms with van der Waals surface area (Å²) in [5.74, 6) is 0.250. The van der Waals surface area contributed by atoms with Crippen molar-refractivity contribution >= 4 is 23.5 Å². The van der Waals surface area contributed by atoms with Crippen molar-refractivity contribution in [1.29, 1.82) is 0 Å². The van der Waals surface area contributed by atoms with Crippen molar-refractivity contribution < 1.29 is 29.4 Å². The normalized spacial score (nSPS) is 20.5.